The van der Waals surface area contributed by atoms with Crippen LogP contribution in [0.4, 0.5) is 0 Å². The fourth-order valence-electron chi connectivity index (χ4n) is 1.74. The van der Waals surface area contributed by atoms with Crippen LogP contribution in [0.25, 0.3) is 0 Å². The molecule has 0 aliphatic rings. The Bertz CT molecular complexity index is 514. The third-order valence-corrected chi connectivity index (χ3v) is 2.72. The molecule has 0 fully saturated rings. The van der Waals surface area contributed by atoms with Crippen LogP contribution in [-0.2, 0) is 16.0 Å². The standard InChI is InChI=1S/C14H18N2O4/c1-3-15-13(18)9(2)16-12(17)8-10-6-4-5-7-11(10)14(19)20/h4-7,9H,3,8H2,1-2H3,(H,15,18)(H,16,17)(H,19,20). The van der Waals surface area contributed by atoms with E-state index in [2.05, 4.69) is 10.6 Å². The Morgan fingerprint density at radius 2 is 1.90 bits per heavy atom. The zero-order valence-corrected chi connectivity index (χ0v) is 11.5. The molecule has 2 amide bonds. The fourth-order valence-corrected chi connectivity index (χ4v) is 1.74. The van der Waals surface area contributed by atoms with Crippen molar-refractivity contribution in [3.8, 4) is 0 Å². The second-order valence-corrected chi connectivity index (χ2v) is 4.32. The van der Waals surface area contributed by atoms with Gasteiger partial charge >= 0.3 is 5.97 Å². The van der Waals surface area contributed by atoms with Gasteiger partial charge in [-0.2, -0.15) is 0 Å². The molecule has 1 rings (SSSR count). The molecule has 0 spiro atoms. The van der Waals surface area contributed by atoms with E-state index in [9.17, 15) is 14.4 Å². The Morgan fingerprint density at radius 1 is 1.25 bits per heavy atom. The van der Waals surface area contributed by atoms with Crippen LogP contribution in [0, 0.1) is 0 Å². The van der Waals surface area contributed by atoms with E-state index in [1.165, 1.54) is 6.07 Å². The summed E-state index contributed by atoms with van der Waals surface area (Å²) in [6.07, 6.45) is -0.0772. The van der Waals surface area contributed by atoms with E-state index in [0.29, 0.717) is 12.1 Å². The summed E-state index contributed by atoms with van der Waals surface area (Å²) in [5.74, 6) is -1.74. The number of carboxylic acids is 1. The Balaban J connectivity index is 2.68. The van der Waals surface area contributed by atoms with E-state index in [1.807, 2.05) is 0 Å². The number of hydrogen-bond donors (Lipinski definition) is 3. The van der Waals surface area contributed by atoms with Gasteiger partial charge in [-0.15, -0.1) is 0 Å². The van der Waals surface area contributed by atoms with Crippen LogP contribution in [0.2, 0.25) is 0 Å². The first-order chi connectivity index (χ1) is 9.45. The number of carbonyl (C=O) groups excluding carboxylic acids is 2. The summed E-state index contributed by atoms with van der Waals surface area (Å²) < 4.78 is 0. The van der Waals surface area contributed by atoms with Crippen LogP contribution in [-0.4, -0.2) is 35.5 Å². The molecule has 1 aromatic rings. The van der Waals surface area contributed by atoms with Crippen LogP contribution in [0.1, 0.15) is 29.8 Å². The molecule has 0 aliphatic heterocycles. The maximum Gasteiger partial charge on any atom is 0.335 e. The minimum absolute atomic E-state index is 0.0772. The molecule has 0 bridgehead atoms. The first-order valence-corrected chi connectivity index (χ1v) is 6.34. The van der Waals surface area contributed by atoms with E-state index in [4.69, 9.17) is 5.11 Å². The Labute approximate surface area is 117 Å². The van der Waals surface area contributed by atoms with Gasteiger partial charge in [0.05, 0.1) is 12.0 Å². The minimum atomic E-state index is -1.08. The van der Waals surface area contributed by atoms with Crippen LogP contribution >= 0.6 is 0 Å². The van der Waals surface area contributed by atoms with Gasteiger partial charge in [-0.1, -0.05) is 18.2 Å². The van der Waals surface area contributed by atoms with E-state index in [0.717, 1.165) is 0 Å². The van der Waals surface area contributed by atoms with Gasteiger partial charge in [0.2, 0.25) is 11.8 Å². The second kappa shape index (κ2) is 7.28. The van der Waals surface area contributed by atoms with Crippen molar-refractivity contribution in [3.05, 3.63) is 35.4 Å². The van der Waals surface area contributed by atoms with E-state index in [1.54, 1.807) is 32.0 Å². The third-order valence-electron chi connectivity index (χ3n) is 2.72. The molecular formula is C14H18N2O4. The molecule has 1 unspecified atom stereocenters. The quantitative estimate of drug-likeness (QED) is 0.709. The van der Waals surface area contributed by atoms with Gasteiger partial charge in [0.25, 0.3) is 0 Å². The minimum Gasteiger partial charge on any atom is -0.478 e. The number of hydrogen-bond acceptors (Lipinski definition) is 3. The highest BCUT2D eigenvalue weighted by atomic mass is 16.4. The average molecular weight is 278 g/mol. The lowest BCUT2D eigenvalue weighted by molar-refractivity contribution is -0.128. The van der Waals surface area contributed by atoms with Crippen LogP contribution in [0.15, 0.2) is 24.3 Å². The largest absolute Gasteiger partial charge is 0.478 e. The molecule has 20 heavy (non-hydrogen) atoms. The maximum atomic E-state index is 11.8. The van der Waals surface area contributed by atoms with Crippen LogP contribution in [0.5, 0.6) is 0 Å². The number of carboxylic acid groups (broad SMARTS) is 1. The van der Waals surface area contributed by atoms with Crippen molar-refractivity contribution in [3.63, 3.8) is 0 Å². The van der Waals surface area contributed by atoms with Gasteiger partial charge < -0.3 is 15.7 Å². The monoisotopic (exact) mass is 278 g/mol. The van der Waals surface area contributed by atoms with Crippen LogP contribution < -0.4 is 10.6 Å². The Hall–Kier alpha value is -2.37. The van der Waals surface area contributed by atoms with Crippen molar-refractivity contribution < 1.29 is 19.5 Å². The summed E-state index contributed by atoms with van der Waals surface area (Å²) in [5.41, 5.74) is 0.508. The topological polar surface area (TPSA) is 95.5 Å². The predicted molar refractivity (Wildman–Crippen MR) is 73.4 cm³/mol. The highest BCUT2D eigenvalue weighted by Gasteiger charge is 2.17. The number of benzene rings is 1. The van der Waals surface area contributed by atoms with Gasteiger partial charge in [0, 0.05) is 6.54 Å². The van der Waals surface area contributed by atoms with E-state index >= 15 is 0 Å². The summed E-state index contributed by atoms with van der Waals surface area (Å²) in [4.78, 5) is 34.3. The van der Waals surface area contributed by atoms with Crippen LogP contribution in [0.3, 0.4) is 0 Å². The van der Waals surface area contributed by atoms with Crippen molar-refractivity contribution in [2.45, 2.75) is 26.3 Å². The number of aromatic carboxylic acids is 1. The molecule has 0 aliphatic carbocycles. The second-order valence-electron chi connectivity index (χ2n) is 4.32. The summed E-state index contributed by atoms with van der Waals surface area (Å²) in [6.45, 7) is 3.85. The summed E-state index contributed by atoms with van der Waals surface area (Å²) in [7, 11) is 0. The molecular weight excluding hydrogens is 260 g/mol. The van der Waals surface area contributed by atoms with Crippen molar-refractivity contribution in [2.75, 3.05) is 6.54 Å². The number of carbonyl (C=O) groups is 3. The first kappa shape index (κ1) is 15.7. The van der Waals surface area contributed by atoms with Crippen molar-refractivity contribution >= 4 is 17.8 Å². The zero-order chi connectivity index (χ0) is 15.1. The van der Waals surface area contributed by atoms with E-state index < -0.39 is 17.9 Å². The molecule has 1 aromatic carbocycles. The first-order valence-electron chi connectivity index (χ1n) is 6.34. The molecule has 0 aromatic heterocycles. The molecule has 6 nitrogen and oxygen atoms in total. The molecule has 0 heterocycles. The molecule has 1 atom stereocenters. The lowest BCUT2D eigenvalue weighted by Gasteiger charge is -2.13. The maximum absolute atomic E-state index is 11.8. The summed E-state index contributed by atoms with van der Waals surface area (Å²) in [6, 6.07) is 5.64. The van der Waals surface area contributed by atoms with Gasteiger partial charge in [-0.05, 0) is 25.5 Å². The number of rotatable bonds is 6. The Kier molecular flexibility index (Phi) is 5.71. The molecule has 6 heteroatoms. The molecule has 108 valence electrons. The lowest BCUT2D eigenvalue weighted by atomic mass is 10.0. The number of nitrogens with one attached hydrogen (secondary N) is 2. The third kappa shape index (κ3) is 4.38. The number of amides is 2. The van der Waals surface area contributed by atoms with Crippen molar-refractivity contribution in [1.29, 1.82) is 0 Å². The highest BCUT2D eigenvalue weighted by molar-refractivity contribution is 5.92. The normalized spacial score (nSPS) is 11.5. The molecule has 0 saturated carbocycles. The summed E-state index contributed by atoms with van der Waals surface area (Å²) >= 11 is 0. The van der Waals surface area contributed by atoms with Gasteiger partial charge in [0.15, 0.2) is 0 Å². The zero-order valence-electron chi connectivity index (χ0n) is 11.5. The predicted octanol–water partition coefficient (Wildman–Crippen LogP) is 0.568. The average Bonchev–Trinajstić information content (AvgIpc) is 2.39. The molecule has 0 saturated heterocycles. The van der Waals surface area contributed by atoms with Crippen molar-refractivity contribution in [2.24, 2.45) is 0 Å². The van der Waals surface area contributed by atoms with Gasteiger partial charge in [-0.3, -0.25) is 9.59 Å². The lowest BCUT2D eigenvalue weighted by Crippen LogP contribution is -2.45. The fraction of sp³-hybridized carbons (Fsp3) is 0.357. The SMILES string of the molecule is CCNC(=O)C(C)NC(=O)Cc1ccccc1C(=O)O. The highest BCUT2D eigenvalue weighted by Crippen LogP contribution is 2.09. The molecule has 3 N–H and O–H groups in total. The van der Waals surface area contributed by atoms with E-state index in [-0.39, 0.29) is 17.9 Å². The smallest absolute Gasteiger partial charge is 0.335 e. The van der Waals surface area contributed by atoms with Crippen molar-refractivity contribution in [1.82, 2.24) is 10.6 Å². The Morgan fingerprint density at radius 3 is 2.50 bits per heavy atom. The van der Waals surface area contributed by atoms with Gasteiger partial charge in [0.1, 0.15) is 6.04 Å². The number of likely N-dealkylation sites (N-methyl/N-ethyl adjacent to an activating group) is 1. The summed E-state index contributed by atoms with van der Waals surface area (Å²) in [5, 5.41) is 14.2. The molecule has 0 radical (unpaired) electrons. The van der Waals surface area contributed by atoms with Gasteiger partial charge in [-0.25, -0.2) is 4.79 Å².